The van der Waals surface area contributed by atoms with Crippen LogP contribution in [-0.2, 0) is 14.8 Å². The van der Waals surface area contributed by atoms with E-state index in [0.717, 1.165) is 17.7 Å². The van der Waals surface area contributed by atoms with Gasteiger partial charge in [0.05, 0.1) is 17.7 Å². The molecule has 0 aliphatic carbocycles. The van der Waals surface area contributed by atoms with Crippen LogP contribution in [0.25, 0.3) is 0 Å². The van der Waals surface area contributed by atoms with Crippen LogP contribution < -0.4 is 4.72 Å². The van der Waals surface area contributed by atoms with Gasteiger partial charge in [-0.05, 0) is 43.2 Å². The van der Waals surface area contributed by atoms with E-state index in [0.29, 0.717) is 24.3 Å². The fourth-order valence-corrected chi connectivity index (χ4v) is 3.59. The molecular formula is C19H23N3O4S. The van der Waals surface area contributed by atoms with Gasteiger partial charge in [-0.25, -0.2) is 13.4 Å². The first kappa shape index (κ1) is 19.2. The largest absolute Gasteiger partial charge is 0.467 e. The fourth-order valence-electron chi connectivity index (χ4n) is 2.96. The fraction of sp³-hybridized carbons (Fsp3) is 0.368. The van der Waals surface area contributed by atoms with Crippen molar-refractivity contribution in [3.63, 3.8) is 0 Å². The second kappa shape index (κ2) is 7.96. The zero-order valence-corrected chi connectivity index (χ0v) is 16.2. The van der Waals surface area contributed by atoms with Gasteiger partial charge in [-0.1, -0.05) is 19.1 Å². The van der Waals surface area contributed by atoms with Crippen molar-refractivity contribution in [1.82, 2.24) is 5.01 Å². The van der Waals surface area contributed by atoms with Gasteiger partial charge in [0.25, 0.3) is 0 Å². The van der Waals surface area contributed by atoms with Crippen LogP contribution in [0.3, 0.4) is 0 Å². The molecule has 0 bridgehead atoms. The first-order chi connectivity index (χ1) is 12.9. The van der Waals surface area contributed by atoms with Crippen molar-refractivity contribution in [3.8, 4) is 0 Å². The number of nitrogens with one attached hydrogen (secondary N) is 1. The van der Waals surface area contributed by atoms with E-state index in [-0.39, 0.29) is 17.7 Å². The maximum Gasteiger partial charge on any atom is 0.243 e. The van der Waals surface area contributed by atoms with Crippen LogP contribution in [-0.4, -0.2) is 30.8 Å². The molecule has 2 heterocycles. The molecule has 1 N–H and O–H groups in total. The van der Waals surface area contributed by atoms with Gasteiger partial charge in [-0.15, -0.1) is 0 Å². The molecule has 27 heavy (non-hydrogen) atoms. The number of carbonyl (C=O) groups is 1. The average Bonchev–Trinajstić information content (AvgIpc) is 3.31. The molecule has 3 rings (SSSR count). The number of hydrazone groups is 1. The lowest BCUT2D eigenvalue weighted by atomic mass is 10.0. The summed E-state index contributed by atoms with van der Waals surface area (Å²) in [5.41, 5.74) is 1.97. The lowest BCUT2D eigenvalue weighted by Gasteiger charge is -2.19. The molecule has 1 unspecified atom stereocenters. The first-order valence-electron chi connectivity index (χ1n) is 8.97. The Morgan fingerprint density at radius 1 is 1.30 bits per heavy atom. The summed E-state index contributed by atoms with van der Waals surface area (Å²) in [5, 5.41) is 6.02. The van der Waals surface area contributed by atoms with E-state index in [1.807, 2.05) is 19.1 Å². The Labute approximate surface area is 159 Å². The van der Waals surface area contributed by atoms with Crippen molar-refractivity contribution in [2.24, 2.45) is 5.10 Å². The second-order valence-electron chi connectivity index (χ2n) is 6.36. The highest BCUT2D eigenvalue weighted by atomic mass is 32.2. The predicted molar refractivity (Wildman–Crippen MR) is 104 cm³/mol. The molecule has 8 heteroatoms. The summed E-state index contributed by atoms with van der Waals surface area (Å²) in [7, 11) is -3.36. The minimum absolute atomic E-state index is 0.00195. The molecule has 0 radical (unpaired) electrons. The Balaban J connectivity index is 1.90. The van der Waals surface area contributed by atoms with E-state index in [4.69, 9.17) is 4.42 Å². The van der Waals surface area contributed by atoms with Crippen LogP contribution in [0.15, 0.2) is 52.2 Å². The summed E-state index contributed by atoms with van der Waals surface area (Å²) in [4.78, 5) is 12.5. The van der Waals surface area contributed by atoms with Gasteiger partial charge in [-0.3, -0.25) is 9.52 Å². The number of hydrogen-bond donors (Lipinski definition) is 1. The second-order valence-corrected chi connectivity index (χ2v) is 8.37. The monoisotopic (exact) mass is 389 g/mol. The summed E-state index contributed by atoms with van der Waals surface area (Å²) in [5.74, 6) is 0.621. The highest BCUT2D eigenvalue weighted by molar-refractivity contribution is 7.92. The number of anilines is 1. The van der Waals surface area contributed by atoms with Crippen LogP contribution in [0.1, 0.15) is 50.5 Å². The number of rotatable bonds is 7. The van der Waals surface area contributed by atoms with Gasteiger partial charge in [0.1, 0.15) is 11.8 Å². The van der Waals surface area contributed by atoms with Gasteiger partial charge in [0.2, 0.25) is 15.9 Å². The molecule has 1 atom stereocenters. The molecule has 1 amide bonds. The van der Waals surface area contributed by atoms with Crippen molar-refractivity contribution < 1.29 is 17.6 Å². The van der Waals surface area contributed by atoms with Gasteiger partial charge in [0, 0.05) is 18.5 Å². The topological polar surface area (TPSA) is 92.0 Å². The smallest absolute Gasteiger partial charge is 0.243 e. The van der Waals surface area contributed by atoms with Crippen LogP contribution >= 0.6 is 0 Å². The van der Waals surface area contributed by atoms with Crippen LogP contribution in [0.2, 0.25) is 0 Å². The molecular weight excluding hydrogens is 366 g/mol. The maximum atomic E-state index is 12.5. The highest BCUT2D eigenvalue weighted by Crippen LogP contribution is 2.34. The van der Waals surface area contributed by atoms with E-state index in [9.17, 15) is 13.2 Å². The molecule has 0 saturated carbocycles. The third kappa shape index (κ3) is 4.39. The molecule has 0 saturated heterocycles. The highest BCUT2D eigenvalue weighted by Gasteiger charge is 2.34. The van der Waals surface area contributed by atoms with Crippen molar-refractivity contribution >= 4 is 27.3 Å². The zero-order valence-electron chi connectivity index (χ0n) is 15.4. The van der Waals surface area contributed by atoms with Crippen LogP contribution in [0, 0.1) is 0 Å². The van der Waals surface area contributed by atoms with Crippen molar-refractivity contribution in [2.75, 3.05) is 10.5 Å². The third-order valence-corrected chi connectivity index (χ3v) is 5.66. The molecule has 0 fully saturated rings. The van der Waals surface area contributed by atoms with Crippen molar-refractivity contribution in [3.05, 3.63) is 54.0 Å². The standard InChI is InChI=1S/C19H23N3O4S/c1-3-7-19(23)22-17(18-10-6-11-26-18)13-16(20-22)14-8-5-9-15(12-14)21-27(24,25)4-2/h5-6,8-12,17,21H,3-4,7,13H2,1-2H3. The number of amides is 1. The van der Waals surface area contributed by atoms with Crippen molar-refractivity contribution in [2.45, 2.75) is 39.2 Å². The normalized spacial score (nSPS) is 17.0. The summed E-state index contributed by atoms with van der Waals surface area (Å²) in [6, 6.07) is 10.4. The van der Waals surface area contributed by atoms with Gasteiger partial charge in [0.15, 0.2) is 0 Å². The Morgan fingerprint density at radius 2 is 2.11 bits per heavy atom. The lowest BCUT2D eigenvalue weighted by Crippen LogP contribution is -2.26. The van der Waals surface area contributed by atoms with E-state index in [1.54, 1.807) is 37.5 Å². The molecule has 1 aliphatic rings. The van der Waals surface area contributed by atoms with E-state index >= 15 is 0 Å². The van der Waals surface area contributed by atoms with Gasteiger partial charge in [-0.2, -0.15) is 5.10 Å². The Morgan fingerprint density at radius 3 is 2.78 bits per heavy atom. The van der Waals surface area contributed by atoms with E-state index in [2.05, 4.69) is 9.82 Å². The van der Waals surface area contributed by atoms with Gasteiger partial charge < -0.3 is 4.42 Å². The van der Waals surface area contributed by atoms with E-state index in [1.165, 1.54) is 5.01 Å². The Kier molecular flexibility index (Phi) is 5.65. The lowest BCUT2D eigenvalue weighted by molar-refractivity contribution is -0.133. The molecule has 1 aromatic carbocycles. The summed E-state index contributed by atoms with van der Waals surface area (Å²) in [6.45, 7) is 3.53. The third-order valence-electron chi connectivity index (χ3n) is 4.35. The molecule has 1 aromatic heterocycles. The number of hydrogen-bond acceptors (Lipinski definition) is 5. The molecule has 7 nitrogen and oxygen atoms in total. The quantitative estimate of drug-likeness (QED) is 0.784. The number of carbonyl (C=O) groups excluding carboxylic acids is 1. The number of nitrogens with zero attached hydrogens (tertiary/aromatic N) is 2. The molecule has 0 spiro atoms. The van der Waals surface area contributed by atoms with E-state index < -0.39 is 10.0 Å². The average molecular weight is 389 g/mol. The number of furan rings is 1. The molecule has 144 valence electrons. The molecule has 1 aliphatic heterocycles. The van der Waals surface area contributed by atoms with Gasteiger partial charge >= 0.3 is 0 Å². The maximum absolute atomic E-state index is 12.5. The number of benzene rings is 1. The summed E-state index contributed by atoms with van der Waals surface area (Å²) in [6.07, 6.45) is 3.23. The Bertz CT molecular complexity index is 936. The first-order valence-corrected chi connectivity index (χ1v) is 10.6. The molecule has 2 aromatic rings. The van der Waals surface area contributed by atoms with Crippen molar-refractivity contribution in [1.29, 1.82) is 0 Å². The Hall–Kier alpha value is -2.61. The summed E-state index contributed by atoms with van der Waals surface area (Å²) >= 11 is 0. The minimum atomic E-state index is -3.36. The van der Waals surface area contributed by atoms with Crippen LogP contribution in [0.4, 0.5) is 5.69 Å². The SMILES string of the molecule is CCCC(=O)N1N=C(c2cccc(NS(=O)(=O)CC)c2)CC1c1ccco1. The number of sulfonamides is 1. The summed E-state index contributed by atoms with van der Waals surface area (Å²) < 4.78 is 31.7. The predicted octanol–water partition coefficient (Wildman–Crippen LogP) is 3.52. The zero-order chi connectivity index (χ0) is 19.4. The van der Waals surface area contributed by atoms with Crippen LogP contribution in [0.5, 0.6) is 0 Å². The minimum Gasteiger partial charge on any atom is -0.467 e.